The number of nitrogens with zero attached hydrogens (tertiary/aromatic N) is 1. The van der Waals surface area contributed by atoms with E-state index in [9.17, 15) is 142 Å². The fourth-order valence-corrected chi connectivity index (χ4v) is 16.1. The number of hydrogen-bond acceptors (Lipinski definition) is 28. The van der Waals surface area contributed by atoms with Crippen molar-refractivity contribution >= 4 is 129 Å². The van der Waals surface area contributed by atoms with Crippen LogP contribution < -0.4 is 43.0 Å². The average molecular weight is 1890 g/mol. The van der Waals surface area contributed by atoms with E-state index in [0.717, 1.165) is 30.5 Å². The molecule has 3 aromatic carbocycles. The number of carboxylic acid groups (broad SMARTS) is 3. The number of aliphatic hydroxyl groups is 4. The molecular weight excluding hydrogens is 1750 g/mol. The van der Waals surface area contributed by atoms with Gasteiger partial charge < -0.3 is 88.9 Å². The lowest BCUT2D eigenvalue weighted by molar-refractivity contribution is -0.143. The van der Waals surface area contributed by atoms with Crippen molar-refractivity contribution < 1.29 is 142 Å². The van der Waals surface area contributed by atoms with Crippen molar-refractivity contribution in [2.24, 2.45) is 64.4 Å². The number of rotatable bonds is 67. The zero-order valence-corrected chi connectivity index (χ0v) is 77.8. The average Bonchev–Trinajstić information content (AvgIpc) is 1.65. The van der Waals surface area contributed by atoms with Crippen LogP contribution in [0.1, 0.15) is 201 Å². The van der Waals surface area contributed by atoms with E-state index in [1.165, 1.54) is 48.5 Å². The third-order valence-corrected chi connectivity index (χ3v) is 24.3. The minimum Gasteiger partial charge on any atom is -0.508 e. The van der Waals surface area contributed by atoms with Gasteiger partial charge in [0.2, 0.25) is 53.2 Å². The van der Waals surface area contributed by atoms with Crippen LogP contribution in [0.5, 0.6) is 11.5 Å². The molecule has 9 amide bonds. The molecule has 39 heteroatoms. The van der Waals surface area contributed by atoms with Crippen LogP contribution in [0.15, 0.2) is 78.9 Å². The van der Waals surface area contributed by atoms with Crippen LogP contribution in [0.4, 0.5) is 0 Å². The fraction of sp³-hybridized carbons (Fsp3) is 0.596. The lowest BCUT2D eigenvalue weighted by Crippen LogP contribution is -2.52. The third-order valence-electron chi connectivity index (χ3n) is 23.3. The van der Waals surface area contributed by atoms with E-state index >= 15 is 0 Å². The number of nitrogens with two attached hydrogens (primary N) is 1. The molecule has 1 aliphatic heterocycles. The van der Waals surface area contributed by atoms with Crippen molar-refractivity contribution in [1.82, 2.24) is 42.1 Å². The van der Waals surface area contributed by atoms with E-state index in [-0.39, 0.29) is 110 Å². The van der Waals surface area contributed by atoms with Gasteiger partial charge in [0, 0.05) is 88.6 Å². The monoisotopic (exact) mass is 1880 g/mol. The number of aromatic hydroxyl groups is 2. The second kappa shape index (κ2) is 57.2. The molecule has 0 radical (unpaired) electrons. The Morgan fingerprint density at radius 3 is 1.42 bits per heavy atom. The van der Waals surface area contributed by atoms with Gasteiger partial charge >= 0.3 is 17.9 Å². The highest BCUT2D eigenvalue weighted by Gasteiger charge is 2.45. The van der Waals surface area contributed by atoms with E-state index < -0.39 is 291 Å². The van der Waals surface area contributed by atoms with Crippen molar-refractivity contribution in [2.45, 2.75) is 252 Å². The number of carbonyl (C=O) groups is 20. The third kappa shape index (κ3) is 40.5. The smallest absolute Gasteiger partial charge is 0.304 e. The zero-order valence-electron chi connectivity index (χ0n) is 76.9. The number of aliphatic hydroxyl groups excluding tert-OH is 4. The van der Waals surface area contributed by atoms with E-state index in [2.05, 4.69) is 37.2 Å². The second-order valence-electron chi connectivity index (χ2n) is 35.6. The number of carboxylic acids is 3. The number of amides is 9. The molecule has 0 bridgehead atoms. The first-order chi connectivity index (χ1) is 62.6. The number of likely N-dealkylation sites (tertiary alicyclic amines) is 1. The maximum absolute atomic E-state index is 14.9. The predicted octanol–water partition coefficient (Wildman–Crippen LogP) is 2.85. The van der Waals surface area contributed by atoms with Gasteiger partial charge in [0.1, 0.15) is 29.1 Å². The Morgan fingerprint density at radius 1 is 0.451 bits per heavy atom. The quantitative estimate of drug-likeness (QED) is 0.0285. The predicted molar refractivity (Wildman–Crippen MR) is 483 cm³/mol. The normalized spacial score (nSPS) is 16.0. The van der Waals surface area contributed by atoms with Gasteiger partial charge in [0.25, 0.3) is 0 Å². The van der Waals surface area contributed by atoms with E-state index in [1.54, 1.807) is 78.8 Å². The minimum atomic E-state index is -2.00. The summed E-state index contributed by atoms with van der Waals surface area (Å²) < 4.78 is 0. The number of aliphatic carboxylic acids is 3. The number of carbonyl (C=O) groups excluding carboxylic acids is 17. The largest absolute Gasteiger partial charge is 0.508 e. The molecule has 16 atom stereocenters. The fourth-order valence-electron chi connectivity index (χ4n) is 15.2. The van der Waals surface area contributed by atoms with Gasteiger partial charge in [-0.1, -0.05) is 109 Å². The molecule has 0 aliphatic carbocycles. The summed E-state index contributed by atoms with van der Waals surface area (Å²) in [6.07, 6.45) is -10.0. The number of phenols is 2. The van der Waals surface area contributed by atoms with Crippen molar-refractivity contribution in [3.05, 3.63) is 95.6 Å². The number of imide groups is 1. The molecular formula is C94H133N9O29S. The van der Waals surface area contributed by atoms with Gasteiger partial charge in [-0.2, -0.15) is 0 Å². The van der Waals surface area contributed by atoms with Crippen LogP contribution in [0.25, 0.3) is 0 Å². The molecule has 4 rings (SSSR count). The number of thioether (sulfide) groups is 1. The number of phenolic OH excluding ortho intramolecular Hbond substituents is 2. The molecule has 18 N–H and O–H groups in total. The Balaban J connectivity index is 1.52. The summed E-state index contributed by atoms with van der Waals surface area (Å²) in [6.45, 7) is 11.5. The molecule has 133 heavy (non-hydrogen) atoms. The van der Waals surface area contributed by atoms with Crippen molar-refractivity contribution in [3.8, 4) is 11.5 Å². The first-order valence-electron chi connectivity index (χ1n) is 44.8. The molecule has 3 aromatic rings. The summed E-state index contributed by atoms with van der Waals surface area (Å²) in [4.78, 5) is 274. The van der Waals surface area contributed by atoms with Crippen molar-refractivity contribution in [2.75, 3.05) is 44.4 Å². The Bertz CT molecular complexity index is 4510. The van der Waals surface area contributed by atoms with Crippen LogP contribution in [0.3, 0.4) is 0 Å². The summed E-state index contributed by atoms with van der Waals surface area (Å²) in [5.74, 6) is -30.9. The minimum absolute atomic E-state index is 0.00617. The van der Waals surface area contributed by atoms with Crippen LogP contribution in [-0.4, -0.2) is 261 Å². The lowest BCUT2D eigenvalue weighted by atomic mass is 9.85. The summed E-state index contributed by atoms with van der Waals surface area (Å²) in [7, 11) is 0. The van der Waals surface area contributed by atoms with E-state index in [1.807, 2.05) is 0 Å². The summed E-state index contributed by atoms with van der Waals surface area (Å²) in [6, 6.07) is 10.4. The van der Waals surface area contributed by atoms with Gasteiger partial charge in [-0.05, 0) is 131 Å². The number of nitrogens with one attached hydrogen (secondary N) is 7. The number of hydrogen-bond donors (Lipinski definition) is 17. The Kier molecular flexibility index (Phi) is 49.0. The highest BCUT2D eigenvalue weighted by molar-refractivity contribution is 8.00. The van der Waals surface area contributed by atoms with E-state index in [0.29, 0.717) is 36.9 Å². The molecule has 0 unspecified atom stereocenters. The van der Waals surface area contributed by atoms with Crippen LogP contribution >= 0.6 is 11.8 Å². The highest BCUT2D eigenvalue weighted by Crippen LogP contribution is 2.33. The maximum Gasteiger partial charge on any atom is 0.304 e. The Morgan fingerprint density at radius 2 is 0.917 bits per heavy atom. The Hall–Kier alpha value is -11.4. The molecule has 38 nitrogen and oxygen atoms in total. The van der Waals surface area contributed by atoms with Gasteiger partial charge in [-0.25, -0.2) is 0 Å². The summed E-state index contributed by atoms with van der Waals surface area (Å²) in [5, 5.41) is 111. The van der Waals surface area contributed by atoms with Crippen LogP contribution in [-0.2, 0) is 115 Å². The number of ketones is 8. The van der Waals surface area contributed by atoms with Crippen LogP contribution in [0.2, 0.25) is 0 Å². The van der Waals surface area contributed by atoms with Crippen molar-refractivity contribution in [3.63, 3.8) is 0 Å². The lowest BCUT2D eigenvalue weighted by Gasteiger charge is -2.28. The van der Waals surface area contributed by atoms with Crippen LogP contribution in [0, 0.1) is 58.7 Å². The molecule has 1 aliphatic rings. The zero-order chi connectivity index (χ0) is 99.7. The highest BCUT2D eigenvalue weighted by atomic mass is 32.2. The second-order valence-corrected chi connectivity index (χ2v) is 36.6. The van der Waals surface area contributed by atoms with E-state index in [4.69, 9.17) is 5.73 Å². The first-order valence-corrected chi connectivity index (χ1v) is 46.0. The molecule has 0 saturated carbocycles. The van der Waals surface area contributed by atoms with Gasteiger partial charge in [0.15, 0.2) is 34.7 Å². The maximum atomic E-state index is 14.9. The number of unbranched alkanes of at least 4 members (excludes halogenated alkanes) is 1. The number of Topliss-reactive ketones (excluding diaryl/α,β-unsaturated/α-hetero) is 8. The topological polar surface area (TPSA) is 637 Å². The molecule has 0 aromatic heterocycles. The first kappa shape index (κ1) is 114. The van der Waals surface area contributed by atoms with Gasteiger partial charge in [-0.3, -0.25) is 101 Å². The summed E-state index contributed by atoms with van der Waals surface area (Å²) in [5.41, 5.74) is 5.92. The molecule has 1 saturated heterocycles. The van der Waals surface area contributed by atoms with Gasteiger partial charge in [-0.15, -0.1) is 11.8 Å². The molecule has 0 spiro atoms. The molecule has 1 heterocycles. The standard InChI is InChI=1S/C94H133N9O29S/c1-10-53(4)85(80(117)40-61(34-58-21-26-65(108)27-22-58)88(127)98-72(33-52(2)3)76(113)38-62(42-83(121)122)87(126)97-54(5)17-14-15-31-95)102-90(129)64(48-104)41-77(114)73(36-59-23-28-66(109)29-24-59)99-89(128)63(43-84(123)124)39-78(115)75(49-105)101-92(131)71(56(7)107)45-79(116)74(35-57-18-12-11-13-19-57)100-91(130)70(55(6)106)44-68(111)47-96-86(125)60(25-30-82(119)120)37-69(112)51-133-50-67(110)20-16-32-103-81(118)46-94(8,9)93(103)132/h11-13,18-19,21-24,26-29,52-56,60-64,70-75,85,104-109H,10,14-17,20,25,30-51,95H2,1-9H3,(H,96,125)(H,97,126)(H,98,127)(H,99,128)(H,100,130)(H,101,131)(H,102,129)(H,119,120)(H,121,122)(H,123,124)/t53-,54+,55+,56+,60+,61+,62-,63-,64-,70-,71-,72-,73-,74-,75-,85-/m0/s1. The molecule has 734 valence electrons. The number of benzene rings is 3. The molecule has 1 fully saturated rings. The SMILES string of the molecule is CC[C@H](C)[C@H](NC(=O)[C@H](CO)CC(=O)[C@H](Cc1ccc(O)cc1)NC(=O)[C@H](CC(=O)O)CC(=O)[C@H](CO)NC(=O)[C@@H](CC(=O)[C@H](Cc1ccccc1)NC(=O)[C@@H](CC(=O)CNC(=O)[C@H](CCC(=O)O)CC(=O)CSCC(=O)CCCN1C(=O)CC(C)(C)C1=O)[C@@H](C)O)[C@@H](C)O)C(=O)C[C@@H](Cc1ccc(O)cc1)C(=O)N[C@@H](CC(C)C)C(=O)C[C@@H](CC(=O)O)C(=O)N[C@H](C)CCCCN. The van der Waals surface area contributed by atoms with Gasteiger partial charge in [0.05, 0.1) is 115 Å². The summed E-state index contributed by atoms with van der Waals surface area (Å²) >= 11 is 0.939. The van der Waals surface area contributed by atoms with Crippen molar-refractivity contribution in [1.29, 1.82) is 0 Å². The Labute approximate surface area is 777 Å².